The van der Waals surface area contributed by atoms with Gasteiger partial charge in [-0.15, -0.1) is 0 Å². The highest BCUT2D eigenvalue weighted by molar-refractivity contribution is 5.82. The smallest absolute Gasteiger partial charge is 0.167 e. The third kappa shape index (κ3) is 4.32. The van der Waals surface area contributed by atoms with E-state index in [4.69, 9.17) is 14.2 Å². The lowest BCUT2D eigenvalue weighted by Gasteiger charge is -2.24. The maximum Gasteiger partial charge on any atom is 0.167 e. The average molecular weight is 480 g/mol. The minimum absolute atomic E-state index is 0.283. The molecule has 3 aromatic rings. The summed E-state index contributed by atoms with van der Waals surface area (Å²) < 4.78 is 34.9. The quantitative estimate of drug-likeness (QED) is 0.561. The molecule has 4 unspecified atom stereocenters. The summed E-state index contributed by atoms with van der Waals surface area (Å²) in [6, 6.07) is 7.05. The lowest BCUT2D eigenvalue weighted by molar-refractivity contribution is -0.191. The van der Waals surface area contributed by atoms with Crippen LogP contribution in [-0.4, -0.2) is 49.7 Å². The van der Waals surface area contributed by atoms with Crippen LogP contribution in [-0.2, 0) is 14.2 Å². The molecule has 184 valence electrons. The minimum atomic E-state index is -0.763. The number of hydrogen-bond donors (Lipinski definition) is 1. The number of halogens is 1. The van der Waals surface area contributed by atoms with E-state index in [0.29, 0.717) is 22.8 Å². The van der Waals surface area contributed by atoms with Crippen molar-refractivity contribution >= 4 is 23.1 Å². The minimum Gasteiger partial charge on any atom is -0.365 e. The molecule has 8 nitrogen and oxygen atoms in total. The Morgan fingerprint density at radius 3 is 2.69 bits per heavy atom. The van der Waals surface area contributed by atoms with Gasteiger partial charge >= 0.3 is 0 Å². The van der Waals surface area contributed by atoms with Crippen LogP contribution in [0.15, 0.2) is 43.0 Å². The number of benzene rings is 1. The molecule has 2 aliphatic heterocycles. The van der Waals surface area contributed by atoms with Gasteiger partial charge in [0.15, 0.2) is 29.0 Å². The zero-order valence-electron chi connectivity index (χ0n) is 19.9. The molecule has 1 N–H and O–H groups in total. The van der Waals surface area contributed by atoms with Crippen molar-refractivity contribution in [2.24, 2.45) is 0 Å². The zero-order chi connectivity index (χ0) is 24.0. The monoisotopic (exact) mass is 479 g/mol. The van der Waals surface area contributed by atoms with Crippen molar-refractivity contribution in [1.29, 1.82) is 0 Å². The van der Waals surface area contributed by atoms with E-state index < -0.39 is 18.1 Å². The van der Waals surface area contributed by atoms with E-state index in [1.165, 1.54) is 25.3 Å². The molecule has 0 amide bonds. The summed E-state index contributed by atoms with van der Waals surface area (Å²) in [7, 11) is 0. The highest BCUT2D eigenvalue weighted by Gasteiger charge is 2.55. The molecule has 6 rings (SSSR count). The van der Waals surface area contributed by atoms with Crippen LogP contribution < -0.4 is 5.32 Å². The van der Waals surface area contributed by atoms with Crippen LogP contribution in [0.1, 0.15) is 57.7 Å². The molecule has 2 saturated heterocycles. The first kappa shape index (κ1) is 22.6. The molecule has 0 spiro atoms. The molecule has 3 aliphatic rings. The van der Waals surface area contributed by atoms with Gasteiger partial charge in [-0.25, -0.2) is 19.3 Å². The van der Waals surface area contributed by atoms with Crippen molar-refractivity contribution in [2.45, 2.75) is 82.3 Å². The molecule has 4 heterocycles. The standard InChI is InChI=1S/C26H30FN5O3/c1-26(2)34-21-19(13-12-16-8-6-7-11-18(16)27)33-25(22(21)35-26)32-15-30-20-23(28-14-29-24(20)32)31-17-9-4-3-5-10-17/h6-8,11-15,17,19,21-22,25H,3-5,9-10H2,1-2H3,(H,28,29,31). The molecule has 0 radical (unpaired) electrons. The van der Waals surface area contributed by atoms with Gasteiger partial charge in [0, 0.05) is 11.6 Å². The fourth-order valence-corrected chi connectivity index (χ4v) is 5.38. The number of fused-ring (bicyclic) bond motifs is 2. The van der Waals surface area contributed by atoms with Gasteiger partial charge in [0.25, 0.3) is 0 Å². The Hall–Kier alpha value is -2.88. The molecule has 9 heteroatoms. The summed E-state index contributed by atoms with van der Waals surface area (Å²) >= 11 is 0. The van der Waals surface area contributed by atoms with Crippen molar-refractivity contribution < 1.29 is 18.6 Å². The van der Waals surface area contributed by atoms with Gasteiger partial charge in [0.05, 0.1) is 6.33 Å². The van der Waals surface area contributed by atoms with E-state index in [1.807, 2.05) is 24.5 Å². The van der Waals surface area contributed by atoms with Crippen LogP contribution in [0.2, 0.25) is 0 Å². The highest BCUT2D eigenvalue weighted by Crippen LogP contribution is 2.44. The Bertz CT molecular complexity index is 1240. The van der Waals surface area contributed by atoms with E-state index in [0.717, 1.165) is 18.7 Å². The van der Waals surface area contributed by atoms with Gasteiger partial charge < -0.3 is 19.5 Å². The summed E-state index contributed by atoms with van der Waals surface area (Å²) in [5.74, 6) is -0.301. The molecule has 4 atom stereocenters. The van der Waals surface area contributed by atoms with Crippen molar-refractivity contribution in [3.05, 3.63) is 54.4 Å². The van der Waals surface area contributed by atoms with Gasteiger partial charge in [-0.2, -0.15) is 0 Å². The lowest BCUT2D eigenvalue weighted by Crippen LogP contribution is -2.28. The van der Waals surface area contributed by atoms with Gasteiger partial charge in [-0.05, 0) is 32.8 Å². The second-order valence-corrected chi connectivity index (χ2v) is 9.96. The van der Waals surface area contributed by atoms with Crippen molar-refractivity contribution in [1.82, 2.24) is 19.5 Å². The number of ether oxygens (including phenoxy) is 3. The lowest BCUT2D eigenvalue weighted by atomic mass is 9.95. The van der Waals surface area contributed by atoms with E-state index in [2.05, 4.69) is 20.3 Å². The summed E-state index contributed by atoms with van der Waals surface area (Å²) in [6.07, 6.45) is 11.2. The number of aromatic nitrogens is 4. The fraction of sp³-hybridized carbons (Fsp3) is 0.500. The summed E-state index contributed by atoms with van der Waals surface area (Å²) in [4.78, 5) is 13.6. The van der Waals surface area contributed by atoms with Gasteiger partial charge in [0.1, 0.15) is 30.5 Å². The molecule has 1 aromatic carbocycles. The summed E-state index contributed by atoms with van der Waals surface area (Å²) in [6.45, 7) is 3.78. The predicted molar refractivity (Wildman–Crippen MR) is 129 cm³/mol. The van der Waals surface area contributed by atoms with Gasteiger partial charge in [-0.1, -0.05) is 49.6 Å². The van der Waals surface area contributed by atoms with E-state index >= 15 is 0 Å². The molecule has 3 fully saturated rings. The first-order chi connectivity index (χ1) is 17.0. The van der Waals surface area contributed by atoms with Crippen molar-refractivity contribution in [2.75, 3.05) is 5.32 Å². The number of rotatable bonds is 5. The Morgan fingerprint density at radius 2 is 1.86 bits per heavy atom. The average Bonchev–Trinajstić information content (AvgIpc) is 3.51. The second-order valence-electron chi connectivity index (χ2n) is 9.96. The largest absolute Gasteiger partial charge is 0.365 e. The predicted octanol–water partition coefficient (Wildman–Crippen LogP) is 4.84. The zero-order valence-corrected chi connectivity index (χ0v) is 19.9. The van der Waals surface area contributed by atoms with Crippen molar-refractivity contribution in [3.63, 3.8) is 0 Å². The summed E-state index contributed by atoms with van der Waals surface area (Å²) in [5, 5.41) is 3.57. The third-order valence-electron chi connectivity index (χ3n) is 7.01. The Kier molecular flexibility index (Phi) is 5.78. The van der Waals surface area contributed by atoms with Gasteiger partial charge in [-0.3, -0.25) is 4.57 Å². The van der Waals surface area contributed by atoms with Crippen molar-refractivity contribution in [3.8, 4) is 0 Å². The van der Waals surface area contributed by atoms with Crippen LogP contribution in [0.4, 0.5) is 10.2 Å². The topological polar surface area (TPSA) is 83.3 Å². The Labute approximate surface area is 203 Å². The highest BCUT2D eigenvalue weighted by atomic mass is 19.1. The first-order valence-electron chi connectivity index (χ1n) is 12.4. The van der Waals surface area contributed by atoms with Crippen LogP contribution in [0, 0.1) is 5.82 Å². The maximum atomic E-state index is 14.2. The third-order valence-corrected chi connectivity index (χ3v) is 7.01. The number of hydrogen-bond acceptors (Lipinski definition) is 7. The number of nitrogens with one attached hydrogen (secondary N) is 1. The molecule has 1 aliphatic carbocycles. The van der Waals surface area contributed by atoms with E-state index in [1.54, 1.807) is 36.9 Å². The Balaban J connectivity index is 1.30. The molecular weight excluding hydrogens is 449 g/mol. The fourth-order valence-electron chi connectivity index (χ4n) is 5.38. The number of anilines is 1. The molecule has 35 heavy (non-hydrogen) atoms. The second kappa shape index (κ2) is 8.96. The van der Waals surface area contributed by atoms with E-state index in [-0.39, 0.29) is 18.0 Å². The van der Waals surface area contributed by atoms with E-state index in [9.17, 15) is 4.39 Å². The number of imidazole rings is 1. The van der Waals surface area contributed by atoms with Crippen LogP contribution in [0.5, 0.6) is 0 Å². The number of nitrogens with zero attached hydrogens (tertiary/aromatic N) is 4. The molecule has 1 saturated carbocycles. The summed E-state index contributed by atoms with van der Waals surface area (Å²) in [5.41, 5.74) is 1.88. The van der Waals surface area contributed by atoms with Gasteiger partial charge in [0.2, 0.25) is 0 Å². The molecular formula is C26H30FN5O3. The van der Waals surface area contributed by atoms with Crippen LogP contribution in [0.25, 0.3) is 17.2 Å². The SMILES string of the molecule is CC1(C)OC2C(C=Cc3ccccc3F)OC(n3cnc4c(NC5CCCCC5)ncnc43)C2O1. The maximum absolute atomic E-state index is 14.2. The molecule has 2 aromatic heterocycles. The first-order valence-corrected chi connectivity index (χ1v) is 12.4. The normalized spacial score (nSPS) is 28.7. The Morgan fingerprint density at radius 1 is 1.06 bits per heavy atom. The molecule has 0 bridgehead atoms. The van der Waals surface area contributed by atoms with Crippen LogP contribution >= 0.6 is 0 Å². The van der Waals surface area contributed by atoms with Crippen LogP contribution in [0.3, 0.4) is 0 Å².